The molecular formula is C26H37N. The second-order valence-corrected chi connectivity index (χ2v) is 8.48. The standard InChI is InChI=1S/C26H37N/c1-27-22-10-19-26(27)21-20-25(17-8-15-23-11-4-2-5-12-23)18-9-16-24-13-6-3-7-14-24/h2-7,11-14,25-26H,8-10,15-22H2,1H3/t26-/m0/s1. The first kappa shape index (κ1) is 20.1. The highest BCUT2D eigenvalue weighted by Gasteiger charge is 2.21. The van der Waals surface area contributed by atoms with E-state index in [4.69, 9.17) is 0 Å². The Balaban J connectivity index is 1.44. The van der Waals surface area contributed by atoms with Crippen molar-refractivity contribution in [3.8, 4) is 0 Å². The van der Waals surface area contributed by atoms with E-state index in [0.717, 1.165) is 12.0 Å². The van der Waals surface area contributed by atoms with Gasteiger partial charge < -0.3 is 4.90 Å². The quantitative estimate of drug-likeness (QED) is 0.439. The molecule has 0 radical (unpaired) electrons. The van der Waals surface area contributed by atoms with E-state index < -0.39 is 0 Å². The number of likely N-dealkylation sites (tertiary alicyclic amines) is 1. The lowest BCUT2D eigenvalue weighted by Gasteiger charge is -2.23. The number of hydrogen-bond acceptors (Lipinski definition) is 1. The number of aryl methyl sites for hydroxylation is 2. The predicted molar refractivity (Wildman–Crippen MR) is 117 cm³/mol. The first-order valence-electron chi connectivity index (χ1n) is 11.1. The van der Waals surface area contributed by atoms with Crippen LogP contribution in [0.3, 0.4) is 0 Å². The number of hydrogen-bond donors (Lipinski definition) is 0. The maximum atomic E-state index is 2.59. The third-order valence-electron chi connectivity index (χ3n) is 6.42. The van der Waals surface area contributed by atoms with Gasteiger partial charge in [0.1, 0.15) is 0 Å². The molecule has 0 N–H and O–H groups in total. The van der Waals surface area contributed by atoms with E-state index in [1.807, 2.05) is 0 Å². The molecule has 3 rings (SSSR count). The van der Waals surface area contributed by atoms with Crippen LogP contribution in [-0.2, 0) is 12.8 Å². The third-order valence-corrected chi connectivity index (χ3v) is 6.42. The van der Waals surface area contributed by atoms with E-state index in [1.54, 1.807) is 0 Å². The van der Waals surface area contributed by atoms with E-state index in [0.29, 0.717) is 0 Å². The molecule has 27 heavy (non-hydrogen) atoms. The zero-order valence-corrected chi connectivity index (χ0v) is 17.2. The summed E-state index contributed by atoms with van der Waals surface area (Å²) in [5.41, 5.74) is 2.99. The summed E-state index contributed by atoms with van der Waals surface area (Å²) in [5.74, 6) is 0.895. The predicted octanol–water partition coefficient (Wildman–Crippen LogP) is 6.52. The van der Waals surface area contributed by atoms with Crippen LogP contribution in [-0.4, -0.2) is 24.5 Å². The largest absolute Gasteiger partial charge is 0.303 e. The van der Waals surface area contributed by atoms with Gasteiger partial charge >= 0.3 is 0 Å². The number of benzene rings is 2. The summed E-state index contributed by atoms with van der Waals surface area (Å²) in [7, 11) is 2.32. The van der Waals surface area contributed by atoms with Crippen molar-refractivity contribution in [1.29, 1.82) is 0 Å². The molecule has 0 bridgehead atoms. The molecule has 0 unspecified atom stereocenters. The zero-order chi connectivity index (χ0) is 18.7. The number of rotatable bonds is 11. The number of nitrogens with zero attached hydrogens (tertiary/aromatic N) is 1. The molecule has 0 amide bonds. The molecule has 1 aliphatic rings. The Labute approximate surface area is 166 Å². The minimum atomic E-state index is 0.843. The van der Waals surface area contributed by atoms with Gasteiger partial charge in [-0.25, -0.2) is 0 Å². The molecule has 0 saturated carbocycles. The summed E-state index contributed by atoms with van der Waals surface area (Å²) in [6.45, 7) is 1.30. The van der Waals surface area contributed by atoms with Crippen LogP contribution < -0.4 is 0 Å². The fraction of sp³-hybridized carbons (Fsp3) is 0.538. The van der Waals surface area contributed by atoms with E-state index >= 15 is 0 Å². The van der Waals surface area contributed by atoms with Gasteiger partial charge in [-0.2, -0.15) is 0 Å². The van der Waals surface area contributed by atoms with Crippen molar-refractivity contribution in [3.63, 3.8) is 0 Å². The van der Waals surface area contributed by atoms with Crippen molar-refractivity contribution in [1.82, 2.24) is 4.90 Å². The van der Waals surface area contributed by atoms with Crippen molar-refractivity contribution in [2.45, 2.75) is 70.3 Å². The van der Waals surface area contributed by atoms with Crippen LogP contribution in [0, 0.1) is 5.92 Å². The smallest absolute Gasteiger partial charge is 0.00927 e. The van der Waals surface area contributed by atoms with Gasteiger partial charge in [0.05, 0.1) is 0 Å². The van der Waals surface area contributed by atoms with Crippen LogP contribution in [0.2, 0.25) is 0 Å². The average molecular weight is 364 g/mol. The molecule has 1 aliphatic heterocycles. The lowest BCUT2D eigenvalue weighted by molar-refractivity contribution is 0.266. The lowest BCUT2D eigenvalue weighted by atomic mass is 9.88. The van der Waals surface area contributed by atoms with Gasteiger partial charge in [-0.05, 0) is 82.0 Å². The minimum Gasteiger partial charge on any atom is -0.303 e. The zero-order valence-electron chi connectivity index (χ0n) is 17.2. The van der Waals surface area contributed by atoms with Crippen LogP contribution in [0.25, 0.3) is 0 Å². The maximum Gasteiger partial charge on any atom is 0.00927 e. The minimum absolute atomic E-state index is 0.843. The summed E-state index contributed by atoms with van der Waals surface area (Å²) in [6, 6.07) is 22.9. The molecule has 1 atom stereocenters. The molecule has 2 aromatic carbocycles. The third kappa shape index (κ3) is 7.14. The Hall–Kier alpha value is -1.60. The fourth-order valence-corrected chi connectivity index (χ4v) is 4.68. The van der Waals surface area contributed by atoms with Gasteiger partial charge in [-0.3, -0.25) is 0 Å². The van der Waals surface area contributed by atoms with Crippen LogP contribution >= 0.6 is 0 Å². The van der Waals surface area contributed by atoms with Crippen molar-refractivity contribution in [2.24, 2.45) is 5.92 Å². The van der Waals surface area contributed by atoms with E-state index in [9.17, 15) is 0 Å². The van der Waals surface area contributed by atoms with Crippen LogP contribution in [0.15, 0.2) is 60.7 Å². The molecule has 1 nitrogen and oxygen atoms in total. The highest BCUT2D eigenvalue weighted by Crippen LogP contribution is 2.27. The van der Waals surface area contributed by atoms with Crippen molar-refractivity contribution >= 4 is 0 Å². The van der Waals surface area contributed by atoms with Crippen molar-refractivity contribution < 1.29 is 0 Å². The maximum absolute atomic E-state index is 2.59. The summed E-state index contributed by atoms with van der Waals surface area (Å²) in [4.78, 5) is 2.59. The molecule has 2 aromatic rings. The Morgan fingerprint density at radius 3 is 1.85 bits per heavy atom. The summed E-state index contributed by atoms with van der Waals surface area (Å²) < 4.78 is 0. The second kappa shape index (κ2) is 11.3. The van der Waals surface area contributed by atoms with Crippen LogP contribution in [0.4, 0.5) is 0 Å². The van der Waals surface area contributed by atoms with Gasteiger partial charge in [-0.1, -0.05) is 73.5 Å². The Morgan fingerprint density at radius 2 is 1.37 bits per heavy atom. The Kier molecular flexibility index (Phi) is 8.42. The molecule has 1 heteroatoms. The van der Waals surface area contributed by atoms with Crippen molar-refractivity contribution in [2.75, 3.05) is 13.6 Å². The highest BCUT2D eigenvalue weighted by atomic mass is 15.1. The normalized spacial score (nSPS) is 17.6. The van der Waals surface area contributed by atoms with E-state index in [-0.39, 0.29) is 0 Å². The second-order valence-electron chi connectivity index (χ2n) is 8.48. The first-order chi connectivity index (χ1) is 13.3. The van der Waals surface area contributed by atoms with Crippen LogP contribution in [0.1, 0.15) is 62.5 Å². The van der Waals surface area contributed by atoms with Gasteiger partial charge in [-0.15, -0.1) is 0 Å². The summed E-state index contributed by atoms with van der Waals surface area (Å²) >= 11 is 0. The molecular weight excluding hydrogens is 326 g/mol. The van der Waals surface area contributed by atoms with Gasteiger partial charge in [0.2, 0.25) is 0 Å². The first-order valence-corrected chi connectivity index (χ1v) is 11.1. The van der Waals surface area contributed by atoms with Crippen LogP contribution in [0.5, 0.6) is 0 Å². The summed E-state index contributed by atoms with van der Waals surface area (Å²) in [5, 5.41) is 0. The lowest BCUT2D eigenvalue weighted by Crippen LogP contribution is -2.25. The Bertz CT molecular complexity index is 576. The topological polar surface area (TPSA) is 3.24 Å². The van der Waals surface area contributed by atoms with Gasteiger partial charge in [0.25, 0.3) is 0 Å². The fourth-order valence-electron chi connectivity index (χ4n) is 4.68. The molecule has 1 heterocycles. The van der Waals surface area contributed by atoms with E-state index in [2.05, 4.69) is 72.6 Å². The van der Waals surface area contributed by atoms with E-state index in [1.165, 1.54) is 81.9 Å². The summed E-state index contributed by atoms with van der Waals surface area (Å²) in [6.07, 6.45) is 13.5. The molecule has 1 fully saturated rings. The average Bonchev–Trinajstić information content (AvgIpc) is 3.12. The SMILES string of the molecule is CN1CCC[C@H]1CCC(CCCc1ccccc1)CCCc1ccccc1. The van der Waals surface area contributed by atoms with Gasteiger partial charge in [0, 0.05) is 6.04 Å². The highest BCUT2D eigenvalue weighted by molar-refractivity contribution is 5.15. The van der Waals surface area contributed by atoms with Crippen molar-refractivity contribution in [3.05, 3.63) is 71.8 Å². The molecule has 0 aliphatic carbocycles. The Morgan fingerprint density at radius 1 is 0.815 bits per heavy atom. The molecule has 146 valence electrons. The molecule has 1 saturated heterocycles. The monoisotopic (exact) mass is 363 g/mol. The van der Waals surface area contributed by atoms with Gasteiger partial charge in [0.15, 0.2) is 0 Å². The molecule has 0 aromatic heterocycles. The molecule has 0 spiro atoms.